The molecule has 0 amide bonds. The molecule has 0 heterocycles. The molecule has 0 aliphatic carbocycles. The molecule has 0 aromatic heterocycles. The molecule has 0 N–H and O–H groups in total. The van der Waals surface area contributed by atoms with E-state index < -0.39 is 0 Å². The van der Waals surface area contributed by atoms with Crippen LogP contribution >= 0.6 is 0 Å². The fourth-order valence-corrected chi connectivity index (χ4v) is 2.27. The van der Waals surface area contributed by atoms with Crippen molar-refractivity contribution >= 4 is 0 Å². The van der Waals surface area contributed by atoms with Crippen LogP contribution in [0.3, 0.4) is 0 Å². The first-order valence-corrected chi connectivity index (χ1v) is 7.46. The predicted molar refractivity (Wildman–Crippen MR) is 80.3 cm³/mol. The highest BCUT2D eigenvalue weighted by Crippen LogP contribution is 2.20. The van der Waals surface area contributed by atoms with Crippen molar-refractivity contribution in [1.29, 1.82) is 0 Å². The van der Waals surface area contributed by atoms with Gasteiger partial charge in [-0.25, -0.2) is 0 Å². The zero-order valence-corrected chi connectivity index (χ0v) is 12.3. The van der Waals surface area contributed by atoms with Crippen molar-refractivity contribution in [2.45, 2.75) is 72.1 Å². The Morgan fingerprint density at radius 2 is 1.65 bits per heavy atom. The third-order valence-electron chi connectivity index (χ3n) is 3.32. The first-order chi connectivity index (χ1) is 8.20. The van der Waals surface area contributed by atoms with Crippen molar-refractivity contribution in [3.05, 3.63) is 24.8 Å². The van der Waals surface area contributed by atoms with Crippen molar-refractivity contribution in [3.63, 3.8) is 0 Å². The summed E-state index contributed by atoms with van der Waals surface area (Å²) in [6.07, 6.45) is 17.2. The molecule has 0 rings (SSSR count). The molecule has 1 unspecified atom stereocenters. The van der Waals surface area contributed by atoms with E-state index in [1.165, 1.54) is 51.4 Å². The molecular formula is C17H32. The van der Waals surface area contributed by atoms with Crippen LogP contribution in [-0.4, -0.2) is 0 Å². The summed E-state index contributed by atoms with van der Waals surface area (Å²) in [7, 11) is 0. The van der Waals surface area contributed by atoms with E-state index in [0.29, 0.717) is 0 Å². The van der Waals surface area contributed by atoms with E-state index in [4.69, 9.17) is 0 Å². The maximum Gasteiger partial charge on any atom is -0.0348 e. The predicted octanol–water partition coefficient (Wildman–Crippen LogP) is 6.14. The fraction of sp³-hybridized carbons (Fsp3) is 0.765. The first-order valence-electron chi connectivity index (χ1n) is 7.46. The summed E-state index contributed by atoms with van der Waals surface area (Å²) in [5, 5.41) is 0. The Balaban J connectivity index is 3.46. The lowest BCUT2D eigenvalue weighted by Crippen LogP contribution is -2.02. The van der Waals surface area contributed by atoms with Crippen molar-refractivity contribution in [3.8, 4) is 0 Å². The van der Waals surface area contributed by atoms with Crippen LogP contribution in [0.25, 0.3) is 0 Å². The molecule has 0 heteroatoms. The Morgan fingerprint density at radius 1 is 1.00 bits per heavy atom. The number of allylic oxidation sites excluding steroid dienone is 3. The SMILES string of the molecule is C=CCCCCC=CCCC(CC)CC(C)C. The lowest BCUT2D eigenvalue weighted by Gasteiger charge is -2.15. The van der Waals surface area contributed by atoms with Gasteiger partial charge in [-0.15, -0.1) is 6.58 Å². The maximum atomic E-state index is 3.74. The lowest BCUT2D eigenvalue weighted by molar-refractivity contribution is 0.378. The minimum atomic E-state index is 0.850. The van der Waals surface area contributed by atoms with Gasteiger partial charge in [0.05, 0.1) is 0 Å². The summed E-state index contributed by atoms with van der Waals surface area (Å²) in [5.74, 6) is 1.78. The third kappa shape index (κ3) is 11.7. The minimum Gasteiger partial charge on any atom is -0.103 e. The van der Waals surface area contributed by atoms with E-state index in [2.05, 4.69) is 39.5 Å². The summed E-state index contributed by atoms with van der Waals surface area (Å²) in [5.41, 5.74) is 0. The van der Waals surface area contributed by atoms with E-state index >= 15 is 0 Å². The highest BCUT2D eigenvalue weighted by molar-refractivity contribution is 4.82. The molecule has 0 nitrogen and oxygen atoms in total. The number of rotatable bonds is 11. The molecule has 0 bridgehead atoms. The Bertz CT molecular complexity index is 188. The molecule has 0 aliphatic heterocycles. The standard InChI is InChI=1S/C17H32/c1-5-7-8-9-10-11-12-13-14-17(6-2)15-16(3)4/h5,11-12,16-17H,1,6-10,13-15H2,2-4H3. The number of hydrogen-bond acceptors (Lipinski definition) is 0. The Labute approximate surface area is 109 Å². The van der Waals surface area contributed by atoms with Gasteiger partial charge in [0.25, 0.3) is 0 Å². The molecule has 0 radical (unpaired) electrons. The highest BCUT2D eigenvalue weighted by atomic mass is 14.1. The Kier molecular flexibility index (Phi) is 11.6. The van der Waals surface area contributed by atoms with Crippen LogP contribution in [-0.2, 0) is 0 Å². The first kappa shape index (κ1) is 16.5. The molecule has 17 heavy (non-hydrogen) atoms. The molecule has 0 spiro atoms. The maximum absolute atomic E-state index is 3.74. The summed E-state index contributed by atoms with van der Waals surface area (Å²) >= 11 is 0. The average Bonchev–Trinajstić information content (AvgIpc) is 2.30. The zero-order chi connectivity index (χ0) is 12.9. The fourth-order valence-electron chi connectivity index (χ4n) is 2.27. The van der Waals surface area contributed by atoms with Gasteiger partial charge in [0.15, 0.2) is 0 Å². The molecule has 1 atom stereocenters. The second-order valence-corrected chi connectivity index (χ2v) is 5.53. The van der Waals surface area contributed by atoms with Crippen molar-refractivity contribution in [2.75, 3.05) is 0 Å². The summed E-state index contributed by atoms with van der Waals surface area (Å²) < 4.78 is 0. The number of unbranched alkanes of at least 4 members (excludes halogenated alkanes) is 3. The van der Waals surface area contributed by atoms with Crippen LogP contribution in [0.1, 0.15) is 72.1 Å². The van der Waals surface area contributed by atoms with E-state index in [-0.39, 0.29) is 0 Å². The lowest BCUT2D eigenvalue weighted by atomic mass is 9.91. The number of hydrogen-bond donors (Lipinski definition) is 0. The zero-order valence-electron chi connectivity index (χ0n) is 12.3. The second-order valence-electron chi connectivity index (χ2n) is 5.53. The van der Waals surface area contributed by atoms with Crippen LogP contribution in [0.5, 0.6) is 0 Å². The largest absolute Gasteiger partial charge is 0.103 e. The van der Waals surface area contributed by atoms with Gasteiger partial charge in [-0.2, -0.15) is 0 Å². The summed E-state index contributed by atoms with van der Waals surface area (Å²) in [6.45, 7) is 10.7. The Morgan fingerprint density at radius 3 is 2.24 bits per heavy atom. The van der Waals surface area contributed by atoms with Gasteiger partial charge in [0, 0.05) is 0 Å². The van der Waals surface area contributed by atoms with E-state index in [9.17, 15) is 0 Å². The molecule has 0 aliphatic rings. The van der Waals surface area contributed by atoms with E-state index in [1.54, 1.807) is 0 Å². The van der Waals surface area contributed by atoms with Gasteiger partial charge in [0.1, 0.15) is 0 Å². The van der Waals surface area contributed by atoms with Gasteiger partial charge >= 0.3 is 0 Å². The van der Waals surface area contributed by atoms with Gasteiger partial charge in [-0.1, -0.05) is 45.4 Å². The minimum absolute atomic E-state index is 0.850. The topological polar surface area (TPSA) is 0 Å². The molecule has 0 saturated heterocycles. The van der Waals surface area contributed by atoms with E-state index in [0.717, 1.165) is 11.8 Å². The molecule has 0 fully saturated rings. The van der Waals surface area contributed by atoms with Crippen LogP contribution in [0.15, 0.2) is 24.8 Å². The molecular weight excluding hydrogens is 204 g/mol. The van der Waals surface area contributed by atoms with Crippen molar-refractivity contribution in [2.24, 2.45) is 11.8 Å². The normalized spacial score (nSPS) is 13.4. The molecule has 100 valence electrons. The van der Waals surface area contributed by atoms with Crippen LogP contribution < -0.4 is 0 Å². The average molecular weight is 236 g/mol. The van der Waals surface area contributed by atoms with Gasteiger partial charge in [0.2, 0.25) is 0 Å². The third-order valence-corrected chi connectivity index (χ3v) is 3.32. The van der Waals surface area contributed by atoms with Crippen LogP contribution in [0, 0.1) is 11.8 Å². The van der Waals surface area contributed by atoms with Gasteiger partial charge in [-0.3, -0.25) is 0 Å². The van der Waals surface area contributed by atoms with Gasteiger partial charge in [-0.05, 0) is 56.8 Å². The Hall–Kier alpha value is -0.520. The van der Waals surface area contributed by atoms with Gasteiger partial charge < -0.3 is 0 Å². The monoisotopic (exact) mass is 236 g/mol. The summed E-state index contributed by atoms with van der Waals surface area (Å²) in [4.78, 5) is 0. The quantitative estimate of drug-likeness (QED) is 0.298. The van der Waals surface area contributed by atoms with Crippen molar-refractivity contribution in [1.82, 2.24) is 0 Å². The van der Waals surface area contributed by atoms with Crippen molar-refractivity contribution < 1.29 is 0 Å². The molecule has 0 aromatic rings. The highest BCUT2D eigenvalue weighted by Gasteiger charge is 2.06. The molecule has 0 aromatic carbocycles. The summed E-state index contributed by atoms with van der Waals surface area (Å²) in [6, 6.07) is 0. The van der Waals surface area contributed by atoms with Crippen LogP contribution in [0.2, 0.25) is 0 Å². The van der Waals surface area contributed by atoms with E-state index in [1.807, 2.05) is 6.08 Å². The smallest absolute Gasteiger partial charge is 0.0348 e. The second kappa shape index (κ2) is 12.0. The molecule has 0 saturated carbocycles. The van der Waals surface area contributed by atoms with Crippen LogP contribution in [0.4, 0.5) is 0 Å².